The summed E-state index contributed by atoms with van der Waals surface area (Å²) in [5, 5.41) is 0. The molecule has 0 rings (SSSR count). The van der Waals surface area contributed by atoms with Crippen LogP contribution in [0.5, 0.6) is 0 Å². The van der Waals surface area contributed by atoms with Gasteiger partial charge in [0.05, 0.1) is 0 Å². The highest BCUT2D eigenvalue weighted by Gasteiger charge is 1.09. The van der Waals surface area contributed by atoms with E-state index in [0.717, 1.165) is 0 Å². The third-order valence-electron chi connectivity index (χ3n) is 0. The van der Waals surface area contributed by atoms with Crippen LogP contribution in [0.2, 0.25) is 0 Å². The summed E-state index contributed by atoms with van der Waals surface area (Å²) in [7, 11) is 0. The van der Waals surface area contributed by atoms with Gasteiger partial charge in [0, 0.05) is 0 Å². The minimum atomic E-state index is 1.65. The number of hydrogen-bond donors (Lipinski definition) is 0. The smallest absolute Gasteiger partial charge is 0.00297 e. The molecule has 0 radical (unpaired) electrons. The van der Waals surface area contributed by atoms with Crippen molar-refractivity contribution in [3.05, 3.63) is 0 Å². The minimum absolute atomic E-state index is 1.65. The highest BCUT2D eigenvalue weighted by Crippen LogP contribution is 1.21. The second-order valence-electron chi connectivity index (χ2n) is 0.289. The number of hydrogen-bond acceptors (Lipinski definition) is 0. The van der Waals surface area contributed by atoms with E-state index in [9.17, 15) is 0 Å². The first kappa shape index (κ1) is 54.7. The van der Waals surface area contributed by atoms with Crippen LogP contribution >= 0.6 is 0 Å². The van der Waals surface area contributed by atoms with Gasteiger partial charge < -0.3 is 0 Å². The Morgan fingerprint density at radius 1 is 0.412 bits per heavy atom. The second kappa shape index (κ2) is 10500. The maximum atomic E-state index is 4.60. The third-order valence-corrected chi connectivity index (χ3v) is 0. The predicted octanol–water partition coefficient (Wildman–Crippen LogP) is 7.82. The van der Waals surface area contributed by atoms with Gasteiger partial charge in [0.1, 0.15) is 0 Å². The van der Waals surface area contributed by atoms with Gasteiger partial charge in [0.2, 0.25) is 0 Å². The summed E-state index contributed by atoms with van der Waals surface area (Å²) < 4.78 is 0. The Hall–Kier alpha value is -0.440. The van der Waals surface area contributed by atoms with Crippen molar-refractivity contribution < 1.29 is 0 Å². The monoisotopic (exact) mass is 250 g/mol. The van der Waals surface area contributed by atoms with Crippen molar-refractivity contribution in [1.29, 1.82) is 0 Å². The maximum Gasteiger partial charge on any atom is -0.00297 e. The topological polar surface area (TPSA) is 0 Å². The molecule has 0 heteroatoms. The largest absolute Gasteiger partial charge is 0.120 e. The molecule has 0 atom stereocenters. The average molecular weight is 251 g/mol. The van der Waals surface area contributed by atoms with E-state index in [1.807, 2.05) is 96.9 Å². The summed E-state index contributed by atoms with van der Waals surface area (Å²) in [4.78, 5) is 0. The van der Waals surface area contributed by atoms with Crippen molar-refractivity contribution in [2.45, 2.75) is 104 Å². The summed E-state index contributed by atoms with van der Waals surface area (Å²) in [6.07, 6.45) is 4.60. The molecule has 0 bridgehead atoms. The van der Waals surface area contributed by atoms with Gasteiger partial charge in [-0.15, -0.1) is 12.3 Å². The van der Waals surface area contributed by atoms with E-state index in [4.69, 9.17) is 0 Å². The normalized spacial score (nSPS) is 2.94. The van der Waals surface area contributed by atoms with Crippen LogP contribution in [0.4, 0.5) is 0 Å². The molecular weight excluding hydrogens is 204 g/mol. The van der Waals surface area contributed by atoms with Crippen molar-refractivity contribution in [1.82, 2.24) is 0 Å². The average Bonchev–Trinajstić information content (AvgIpc) is 2.53. The van der Waals surface area contributed by atoms with E-state index in [1.54, 1.807) is 6.92 Å². The Kier molecular flexibility index (Phi) is 33900. The van der Waals surface area contributed by atoms with Crippen molar-refractivity contribution in [3.63, 3.8) is 0 Å². The van der Waals surface area contributed by atoms with Crippen molar-refractivity contribution >= 4 is 0 Å². The molecule has 0 fully saturated rings. The summed E-state index contributed by atoms with van der Waals surface area (Å²) in [6, 6.07) is 0. The summed E-state index contributed by atoms with van der Waals surface area (Å²) >= 11 is 0. The molecule has 114 valence electrons. The van der Waals surface area contributed by atoms with Crippen molar-refractivity contribution in [2.24, 2.45) is 0 Å². The fourth-order valence-corrected chi connectivity index (χ4v) is 0. The standard InChI is InChI=1S/C3H4.7C2H6/c1-3-2;7*1-2/h1H,2H3;7*1-2H3. The molecule has 0 aliphatic rings. The first-order valence-corrected chi connectivity index (χ1v) is 7.79. The Morgan fingerprint density at radius 3 is 0.412 bits per heavy atom. The molecule has 0 aromatic heterocycles. The molecule has 0 aliphatic heterocycles. The van der Waals surface area contributed by atoms with Gasteiger partial charge in [-0.25, -0.2) is 0 Å². The molecule has 0 saturated heterocycles. The molecule has 17 heavy (non-hydrogen) atoms. The van der Waals surface area contributed by atoms with E-state index in [1.165, 1.54) is 0 Å². The lowest BCUT2D eigenvalue weighted by atomic mass is 10.9. The molecule has 0 saturated carbocycles. The Balaban J connectivity index is -0.00000000914. The molecular formula is C17H46. The van der Waals surface area contributed by atoms with Gasteiger partial charge >= 0.3 is 0 Å². The third kappa shape index (κ3) is 14800. The number of terminal acetylenes is 1. The number of rotatable bonds is 0. The Labute approximate surface area is 117 Å². The molecule has 0 aromatic carbocycles. The van der Waals surface area contributed by atoms with Crippen molar-refractivity contribution in [2.75, 3.05) is 0 Å². The Bertz CT molecular complexity index is 21.5. The molecule has 0 nitrogen and oxygen atoms in total. The van der Waals surface area contributed by atoms with Crippen LogP contribution in [0.25, 0.3) is 0 Å². The first-order chi connectivity index (χ1) is 8.41. The van der Waals surface area contributed by atoms with Crippen LogP contribution in [-0.2, 0) is 0 Å². The SMILES string of the molecule is C#CC.CC.CC.CC.CC.CC.CC.CC. The van der Waals surface area contributed by atoms with Crippen LogP contribution in [-0.4, -0.2) is 0 Å². The van der Waals surface area contributed by atoms with Crippen LogP contribution in [0.3, 0.4) is 0 Å². The van der Waals surface area contributed by atoms with Gasteiger partial charge in [-0.2, -0.15) is 0 Å². The lowest BCUT2D eigenvalue weighted by Crippen LogP contribution is -1.10. The summed E-state index contributed by atoms with van der Waals surface area (Å²) in [5.74, 6) is 2.25. The summed E-state index contributed by atoms with van der Waals surface area (Å²) in [5.41, 5.74) is 0. The highest BCUT2D eigenvalue weighted by molar-refractivity contribution is 4.73. The maximum absolute atomic E-state index is 4.60. The molecule has 0 N–H and O–H groups in total. The van der Waals surface area contributed by atoms with E-state index >= 15 is 0 Å². The fraction of sp³-hybridized carbons (Fsp3) is 0.882. The lowest BCUT2D eigenvalue weighted by Gasteiger charge is -1.23. The molecule has 0 heterocycles. The molecule has 0 amide bonds. The van der Waals surface area contributed by atoms with Crippen LogP contribution in [0, 0.1) is 12.3 Å². The van der Waals surface area contributed by atoms with Gasteiger partial charge in [0.25, 0.3) is 0 Å². The van der Waals surface area contributed by atoms with Gasteiger partial charge in [-0.3, -0.25) is 0 Å². The minimum Gasteiger partial charge on any atom is -0.120 e. The van der Waals surface area contributed by atoms with E-state index in [0.29, 0.717) is 0 Å². The van der Waals surface area contributed by atoms with E-state index in [2.05, 4.69) is 12.3 Å². The quantitative estimate of drug-likeness (QED) is 0.384. The first-order valence-electron chi connectivity index (χ1n) is 7.79. The van der Waals surface area contributed by atoms with Gasteiger partial charge in [-0.05, 0) is 6.92 Å². The predicted molar refractivity (Wildman–Crippen MR) is 93.9 cm³/mol. The van der Waals surface area contributed by atoms with Crippen molar-refractivity contribution in [3.8, 4) is 12.3 Å². The molecule has 0 unspecified atom stereocenters. The zero-order valence-electron chi connectivity index (χ0n) is 16.1. The van der Waals surface area contributed by atoms with Crippen LogP contribution < -0.4 is 0 Å². The lowest BCUT2D eigenvalue weighted by molar-refractivity contribution is 1.50. The Morgan fingerprint density at radius 2 is 0.412 bits per heavy atom. The fourth-order valence-electron chi connectivity index (χ4n) is 0. The van der Waals surface area contributed by atoms with E-state index < -0.39 is 0 Å². The highest BCUT2D eigenvalue weighted by atomic mass is 13.2. The van der Waals surface area contributed by atoms with Crippen LogP contribution in [0.15, 0.2) is 0 Å². The second-order valence-corrected chi connectivity index (χ2v) is 0.289. The zero-order chi connectivity index (χ0) is 16.7. The zero-order valence-corrected chi connectivity index (χ0v) is 16.1. The van der Waals surface area contributed by atoms with E-state index in [-0.39, 0.29) is 0 Å². The van der Waals surface area contributed by atoms with Gasteiger partial charge in [-0.1, -0.05) is 96.9 Å². The molecule has 0 aliphatic carbocycles. The summed E-state index contributed by atoms with van der Waals surface area (Å²) in [6.45, 7) is 29.7. The molecule has 0 spiro atoms. The molecule has 0 aromatic rings. The van der Waals surface area contributed by atoms with Gasteiger partial charge in [0.15, 0.2) is 0 Å². The van der Waals surface area contributed by atoms with Crippen LogP contribution in [0.1, 0.15) is 104 Å².